The zero-order valence-corrected chi connectivity index (χ0v) is 6.96. The van der Waals surface area contributed by atoms with Crippen molar-refractivity contribution in [1.29, 1.82) is 0 Å². The van der Waals surface area contributed by atoms with E-state index in [1.165, 1.54) is 0 Å². The van der Waals surface area contributed by atoms with E-state index in [1.807, 2.05) is 6.92 Å². The first-order chi connectivity index (χ1) is 5.20. The Balaban J connectivity index is 2.05. The van der Waals surface area contributed by atoms with Crippen LogP contribution in [0.1, 0.15) is 26.7 Å². The van der Waals surface area contributed by atoms with Crippen LogP contribution >= 0.6 is 0 Å². The number of hydrogen-bond donors (Lipinski definition) is 0. The molecule has 0 aliphatic carbocycles. The Hall–Kier alpha value is -0.570. The van der Waals surface area contributed by atoms with Crippen molar-refractivity contribution in [3.05, 3.63) is 0 Å². The van der Waals surface area contributed by atoms with E-state index in [0.717, 1.165) is 18.6 Å². The van der Waals surface area contributed by atoms with Crippen molar-refractivity contribution in [3.8, 4) is 0 Å². The summed E-state index contributed by atoms with van der Waals surface area (Å²) < 4.78 is 5.44. The summed E-state index contributed by atoms with van der Waals surface area (Å²) in [5.41, 5.74) is 0.992. The van der Waals surface area contributed by atoms with Gasteiger partial charge in [-0.3, -0.25) is 0 Å². The SMILES string of the molecule is CC1=NOC2(COC(C)C2)C1. The molecule has 0 saturated carbocycles. The smallest absolute Gasteiger partial charge is 0.168 e. The van der Waals surface area contributed by atoms with E-state index in [9.17, 15) is 0 Å². The summed E-state index contributed by atoms with van der Waals surface area (Å²) >= 11 is 0. The molecule has 0 bridgehead atoms. The topological polar surface area (TPSA) is 30.8 Å². The molecule has 0 amide bonds. The van der Waals surface area contributed by atoms with Crippen molar-refractivity contribution in [2.75, 3.05) is 6.61 Å². The molecule has 3 nitrogen and oxygen atoms in total. The molecule has 1 fully saturated rings. The molecule has 0 aromatic heterocycles. The minimum absolute atomic E-state index is 0.0938. The fourth-order valence-corrected chi connectivity index (χ4v) is 1.83. The number of oxime groups is 1. The van der Waals surface area contributed by atoms with Gasteiger partial charge in [0.05, 0.1) is 18.4 Å². The number of nitrogens with zero attached hydrogens (tertiary/aromatic N) is 1. The molecule has 1 spiro atoms. The maximum Gasteiger partial charge on any atom is 0.168 e. The lowest BCUT2D eigenvalue weighted by molar-refractivity contribution is -0.0248. The molecule has 0 aromatic rings. The Bertz CT molecular complexity index is 202. The minimum Gasteiger partial charge on any atom is -0.386 e. The van der Waals surface area contributed by atoms with E-state index in [-0.39, 0.29) is 5.60 Å². The van der Waals surface area contributed by atoms with Gasteiger partial charge in [0.2, 0.25) is 0 Å². The van der Waals surface area contributed by atoms with Crippen LogP contribution in [0.15, 0.2) is 5.16 Å². The summed E-state index contributed by atoms with van der Waals surface area (Å²) in [7, 11) is 0. The Morgan fingerprint density at radius 1 is 1.64 bits per heavy atom. The van der Waals surface area contributed by atoms with Gasteiger partial charge in [0.15, 0.2) is 5.60 Å². The average Bonchev–Trinajstić information content (AvgIpc) is 2.44. The first-order valence-corrected chi connectivity index (χ1v) is 4.03. The molecule has 2 aliphatic heterocycles. The molecule has 62 valence electrons. The predicted octanol–water partition coefficient (Wildman–Crippen LogP) is 1.33. The maximum absolute atomic E-state index is 5.44. The van der Waals surface area contributed by atoms with Crippen molar-refractivity contribution in [2.45, 2.75) is 38.4 Å². The summed E-state index contributed by atoms with van der Waals surface area (Å²) in [5.74, 6) is 0. The first-order valence-electron chi connectivity index (χ1n) is 4.03. The molecule has 2 rings (SSSR count). The summed E-state index contributed by atoms with van der Waals surface area (Å²) in [6.45, 7) is 4.78. The standard InChI is InChI=1S/C8H13NO2/c1-6-3-8(11-9-6)4-7(2)10-5-8/h7H,3-5H2,1-2H3. The zero-order valence-electron chi connectivity index (χ0n) is 6.96. The normalized spacial score (nSPS) is 42.7. The van der Waals surface area contributed by atoms with Crippen LogP contribution in [-0.4, -0.2) is 24.0 Å². The van der Waals surface area contributed by atoms with Crippen LogP contribution in [-0.2, 0) is 9.57 Å². The highest BCUT2D eigenvalue weighted by Gasteiger charge is 2.44. The predicted molar refractivity (Wildman–Crippen MR) is 41.6 cm³/mol. The van der Waals surface area contributed by atoms with Crippen molar-refractivity contribution >= 4 is 5.71 Å². The largest absolute Gasteiger partial charge is 0.386 e. The number of hydrogen-bond acceptors (Lipinski definition) is 3. The summed E-state index contributed by atoms with van der Waals surface area (Å²) in [4.78, 5) is 5.35. The Labute approximate surface area is 66.4 Å². The Morgan fingerprint density at radius 3 is 2.91 bits per heavy atom. The minimum atomic E-state index is -0.0938. The van der Waals surface area contributed by atoms with Crippen LogP contribution in [0.5, 0.6) is 0 Å². The summed E-state index contributed by atoms with van der Waals surface area (Å²) in [5, 5.41) is 3.94. The monoisotopic (exact) mass is 155 g/mol. The van der Waals surface area contributed by atoms with E-state index in [1.54, 1.807) is 0 Å². The molecule has 0 N–H and O–H groups in total. The highest BCUT2D eigenvalue weighted by molar-refractivity contribution is 5.83. The molecular weight excluding hydrogens is 142 g/mol. The van der Waals surface area contributed by atoms with Crippen LogP contribution in [0, 0.1) is 0 Å². The average molecular weight is 155 g/mol. The van der Waals surface area contributed by atoms with Gasteiger partial charge in [-0.2, -0.15) is 0 Å². The highest BCUT2D eigenvalue weighted by Crippen LogP contribution is 2.34. The quantitative estimate of drug-likeness (QED) is 0.528. The van der Waals surface area contributed by atoms with Gasteiger partial charge in [0.1, 0.15) is 0 Å². The third kappa shape index (κ3) is 1.13. The Kier molecular flexibility index (Phi) is 1.42. The van der Waals surface area contributed by atoms with Crippen LogP contribution < -0.4 is 0 Å². The van der Waals surface area contributed by atoms with Crippen molar-refractivity contribution in [3.63, 3.8) is 0 Å². The van der Waals surface area contributed by atoms with Gasteiger partial charge in [-0.15, -0.1) is 0 Å². The van der Waals surface area contributed by atoms with Crippen molar-refractivity contribution in [1.82, 2.24) is 0 Å². The van der Waals surface area contributed by atoms with Crippen LogP contribution in [0.25, 0.3) is 0 Å². The Morgan fingerprint density at radius 2 is 2.45 bits per heavy atom. The molecule has 2 atom stereocenters. The molecule has 2 aliphatic rings. The molecule has 2 unspecified atom stereocenters. The lowest BCUT2D eigenvalue weighted by atomic mass is 9.95. The maximum atomic E-state index is 5.44. The molecule has 3 heteroatoms. The van der Waals surface area contributed by atoms with E-state index in [4.69, 9.17) is 9.57 Å². The summed E-state index contributed by atoms with van der Waals surface area (Å²) in [6.07, 6.45) is 2.25. The van der Waals surface area contributed by atoms with Gasteiger partial charge >= 0.3 is 0 Å². The van der Waals surface area contributed by atoms with Crippen molar-refractivity contribution < 1.29 is 9.57 Å². The van der Waals surface area contributed by atoms with E-state index >= 15 is 0 Å². The summed E-state index contributed by atoms with van der Waals surface area (Å²) in [6, 6.07) is 0. The van der Waals surface area contributed by atoms with Gasteiger partial charge in [0, 0.05) is 12.8 Å². The number of ether oxygens (including phenoxy) is 1. The number of rotatable bonds is 0. The van der Waals surface area contributed by atoms with Gasteiger partial charge in [-0.25, -0.2) is 0 Å². The zero-order chi connectivity index (χ0) is 7.90. The van der Waals surface area contributed by atoms with Gasteiger partial charge in [0.25, 0.3) is 0 Å². The molecule has 11 heavy (non-hydrogen) atoms. The van der Waals surface area contributed by atoms with Crippen LogP contribution in [0.2, 0.25) is 0 Å². The lowest BCUT2D eigenvalue weighted by Gasteiger charge is -2.17. The van der Waals surface area contributed by atoms with Gasteiger partial charge in [-0.05, 0) is 13.8 Å². The molecule has 0 aromatic carbocycles. The highest BCUT2D eigenvalue weighted by atomic mass is 16.7. The fraction of sp³-hybridized carbons (Fsp3) is 0.875. The molecule has 1 saturated heterocycles. The third-order valence-corrected chi connectivity index (χ3v) is 2.26. The molecule has 0 radical (unpaired) electrons. The van der Waals surface area contributed by atoms with E-state index < -0.39 is 0 Å². The first kappa shape index (κ1) is 7.10. The third-order valence-electron chi connectivity index (χ3n) is 2.26. The van der Waals surface area contributed by atoms with Gasteiger partial charge in [-0.1, -0.05) is 5.16 Å². The second-order valence-corrected chi connectivity index (χ2v) is 3.60. The lowest BCUT2D eigenvalue weighted by Crippen LogP contribution is -2.29. The fourth-order valence-electron chi connectivity index (χ4n) is 1.83. The molecule has 2 heterocycles. The van der Waals surface area contributed by atoms with Crippen molar-refractivity contribution in [2.24, 2.45) is 5.16 Å². The van der Waals surface area contributed by atoms with E-state index in [2.05, 4.69) is 12.1 Å². The van der Waals surface area contributed by atoms with Crippen LogP contribution in [0.3, 0.4) is 0 Å². The van der Waals surface area contributed by atoms with Crippen LogP contribution in [0.4, 0.5) is 0 Å². The van der Waals surface area contributed by atoms with E-state index in [0.29, 0.717) is 12.7 Å². The molecular formula is C8H13NO2. The van der Waals surface area contributed by atoms with Gasteiger partial charge < -0.3 is 9.57 Å². The second-order valence-electron chi connectivity index (χ2n) is 3.60. The second kappa shape index (κ2) is 2.21.